The third-order valence-electron chi connectivity index (χ3n) is 3.87. The van der Waals surface area contributed by atoms with Crippen molar-refractivity contribution in [1.82, 2.24) is 4.57 Å². The Morgan fingerprint density at radius 3 is 2.61 bits per heavy atom. The van der Waals surface area contributed by atoms with Crippen molar-refractivity contribution in [3.05, 3.63) is 81.8 Å². The molecule has 2 aromatic carbocycles. The number of pyridine rings is 1. The van der Waals surface area contributed by atoms with Crippen molar-refractivity contribution >= 4 is 16.6 Å². The molecule has 0 aliphatic heterocycles. The highest BCUT2D eigenvalue weighted by Gasteiger charge is 2.11. The number of fused-ring (bicyclic) bond motifs is 1. The topological polar surface area (TPSA) is 62.9 Å². The van der Waals surface area contributed by atoms with Gasteiger partial charge in [0, 0.05) is 11.8 Å². The van der Waals surface area contributed by atoms with Crippen LogP contribution in [0.5, 0.6) is 0 Å². The summed E-state index contributed by atoms with van der Waals surface area (Å²) < 4.78 is 1.28. The van der Waals surface area contributed by atoms with Crippen LogP contribution in [0.15, 0.2) is 59.5 Å². The molecule has 0 aliphatic carbocycles. The summed E-state index contributed by atoms with van der Waals surface area (Å²) in [6.45, 7) is 1.63. The lowest BCUT2D eigenvalue weighted by atomic mass is 10.0. The van der Waals surface area contributed by atoms with Crippen molar-refractivity contribution in [2.75, 3.05) is 0 Å². The van der Waals surface area contributed by atoms with Gasteiger partial charge in [0.1, 0.15) is 11.6 Å². The van der Waals surface area contributed by atoms with Gasteiger partial charge in [0.25, 0.3) is 5.56 Å². The van der Waals surface area contributed by atoms with E-state index in [-0.39, 0.29) is 17.9 Å². The Labute approximate surface area is 133 Å². The Morgan fingerprint density at radius 2 is 1.87 bits per heavy atom. The number of ketones is 1. The van der Waals surface area contributed by atoms with Crippen LogP contribution in [0, 0.1) is 18.3 Å². The van der Waals surface area contributed by atoms with Crippen LogP contribution in [0.2, 0.25) is 0 Å². The molecule has 4 heteroatoms. The standard InChI is InChI=1S/C19H14N2O2/c1-13-8-9-21(19(23)17(13)11-20)12-18(22)16-7-6-14-4-2-3-5-15(14)10-16/h2-10H,12H2,1H3. The Hall–Kier alpha value is -3.19. The molecule has 0 fully saturated rings. The fraction of sp³-hybridized carbons (Fsp3) is 0.105. The molecule has 0 saturated heterocycles. The zero-order valence-corrected chi connectivity index (χ0v) is 12.6. The van der Waals surface area contributed by atoms with Crippen molar-refractivity contribution in [1.29, 1.82) is 5.26 Å². The molecule has 0 radical (unpaired) electrons. The third kappa shape index (κ3) is 2.77. The molecule has 23 heavy (non-hydrogen) atoms. The van der Waals surface area contributed by atoms with Crippen molar-refractivity contribution in [2.45, 2.75) is 13.5 Å². The zero-order valence-electron chi connectivity index (χ0n) is 12.6. The molecule has 3 aromatic rings. The predicted octanol–water partition coefficient (Wildman–Crippen LogP) is 3.06. The number of rotatable bonds is 3. The van der Waals surface area contributed by atoms with Gasteiger partial charge in [-0.15, -0.1) is 0 Å². The van der Waals surface area contributed by atoms with Gasteiger partial charge in [0.2, 0.25) is 0 Å². The van der Waals surface area contributed by atoms with Gasteiger partial charge in [-0.05, 0) is 35.4 Å². The van der Waals surface area contributed by atoms with Gasteiger partial charge in [0.15, 0.2) is 5.78 Å². The van der Waals surface area contributed by atoms with Crippen LogP contribution < -0.4 is 5.56 Å². The van der Waals surface area contributed by atoms with E-state index >= 15 is 0 Å². The maximum atomic E-state index is 12.5. The zero-order chi connectivity index (χ0) is 16.4. The van der Waals surface area contributed by atoms with E-state index in [9.17, 15) is 9.59 Å². The smallest absolute Gasteiger partial charge is 0.269 e. The van der Waals surface area contributed by atoms with Gasteiger partial charge in [0.05, 0.1) is 6.54 Å². The number of carbonyl (C=O) groups is 1. The minimum absolute atomic E-state index is 0.0772. The lowest BCUT2D eigenvalue weighted by molar-refractivity contribution is 0.0971. The van der Waals surface area contributed by atoms with Crippen LogP contribution in [0.1, 0.15) is 21.5 Å². The van der Waals surface area contributed by atoms with Gasteiger partial charge in [-0.1, -0.05) is 36.4 Å². The lowest BCUT2D eigenvalue weighted by Crippen LogP contribution is -2.26. The lowest BCUT2D eigenvalue weighted by Gasteiger charge is -2.07. The number of Topliss-reactive ketones (excluding diaryl/α,β-unsaturated/α-hetero) is 1. The molecule has 0 amide bonds. The summed E-state index contributed by atoms with van der Waals surface area (Å²) >= 11 is 0. The molecule has 0 aliphatic rings. The van der Waals surface area contributed by atoms with E-state index in [1.807, 2.05) is 42.5 Å². The van der Waals surface area contributed by atoms with Gasteiger partial charge in [-0.25, -0.2) is 0 Å². The molecule has 1 heterocycles. The van der Waals surface area contributed by atoms with E-state index in [1.54, 1.807) is 25.3 Å². The van der Waals surface area contributed by atoms with E-state index in [2.05, 4.69) is 0 Å². The van der Waals surface area contributed by atoms with Crippen LogP contribution in [-0.4, -0.2) is 10.4 Å². The predicted molar refractivity (Wildman–Crippen MR) is 88.4 cm³/mol. The largest absolute Gasteiger partial charge is 0.307 e. The first kappa shape index (κ1) is 14.7. The fourth-order valence-electron chi connectivity index (χ4n) is 2.53. The first-order valence-electron chi connectivity index (χ1n) is 7.22. The first-order valence-corrected chi connectivity index (χ1v) is 7.22. The van der Waals surface area contributed by atoms with E-state index in [0.717, 1.165) is 10.8 Å². The normalized spacial score (nSPS) is 10.4. The Morgan fingerprint density at radius 1 is 1.13 bits per heavy atom. The van der Waals surface area contributed by atoms with Crippen LogP contribution in [0.25, 0.3) is 10.8 Å². The van der Waals surface area contributed by atoms with Crippen molar-refractivity contribution in [3.8, 4) is 6.07 Å². The highest BCUT2D eigenvalue weighted by Crippen LogP contribution is 2.16. The summed E-state index contributed by atoms with van der Waals surface area (Å²) in [5.41, 5.74) is 0.821. The highest BCUT2D eigenvalue weighted by atomic mass is 16.1. The maximum Gasteiger partial charge on any atom is 0.269 e. The number of hydrogen-bond donors (Lipinski definition) is 0. The second-order valence-electron chi connectivity index (χ2n) is 5.40. The summed E-state index contributed by atoms with van der Waals surface area (Å²) in [6.07, 6.45) is 1.55. The molecule has 1 aromatic heterocycles. The molecule has 4 nitrogen and oxygen atoms in total. The monoisotopic (exact) mass is 302 g/mol. The van der Waals surface area contributed by atoms with Crippen LogP contribution in [0.4, 0.5) is 0 Å². The number of benzene rings is 2. The molecule has 0 atom stereocenters. The highest BCUT2D eigenvalue weighted by molar-refractivity contribution is 5.99. The van der Waals surface area contributed by atoms with Crippen molar-refractivity contribution in [3.63, 3.8) is 0 Å². The number of aromatic nitrogens is 1. The van der Waals surface area contributed by atoms with Gasteiger partial charge in [-0.3, -0.25) is 9.59 Å². The summed E-state index contributed by atoms with van der Waals surface area (Å²) in [5.74, 6) is -0.161. The number of nitriles is 1. The Balaban J connectivity index is 1.95. The van der Waals surface area contributed by atoms with Crippen molar-refractivity contribution < 1.29 is 4.79 Å². The quantitative estimate of drug-likeness (QED) is 0.698. The van der Waals surface area contributed by atoms with Crippen molar-refractivity contribution in [2.24, 2.45) is 0 Å². The minimum atomic E-state index is -0.429. The van der Waals surface area contributed by atoms with Gasteiger partial charge in [-0.2, -0.15) is 5.26 Å². The second kappa shape index (κ2) is 5.90. The molecule has 0 unspecified atom stereocenters. The number of nitrogens with zero attached hydrogens (tertiary/aromatic N) is 2. The summed E-state index contributed by atoms with van der Waals surface area (Å²) in [7, 11) is 0. The summed E-state index contributed by atoms with van der Waals surface area (Å²) in [4.78, 5) is 24.6. The number of carbonyl (C=O) groups excluding carboxylic acids is 1. The third-order valence-corrected chi connectivity index (χ3v) is 3.87. The summed E-state index contributed by atoms with van der Waals surface area (Å²) in [6, 6.07) is 16.8. The Kier molecular flexibility index (Phi) is 3.78. The second-order valence-corrected chi connectivity index (χ2v) is 5.40. The molecular weight excluding hydrogens is 288 g/mol. The number of hydrogen-bond acceptors (Lipinski definition) is 3. The molecule has 0 saturated carbocycles. The van der Waals surface area contributed by atoms with E-state index < -0.39 is 5.56 Å². The molecule has 3 rings (SSSR count). The van der Waals surface area contributed by atoms with Crippen LogP contribution in [0.3, 0.4) is 0 Å². The molecular formula is C19H14N2O2. The van der Waals surface area contributed by atoms with Gasteiger partial charge >= 0.3 is 0 Å². The molecule has 0 N–H and O–H groups in total. The number of aryl methyl sites for hydroxylation is 1. The van der Waals surface area contributed by atoms with Gasteiger partial charge < -0.3 is 4.57 Å². The van der Waals surface area contributed by atoms with E-state index in [4.69, 9.17) is 5.26 Å². The van der Waals surface area contributed by atoms with Crippen LogP contribution >= 0.6 is 0 Å². The minimum Gasteiger partial charge on any atom is -0.307 e. The molecule has 0 spiro atoms. The van der Waals surface area contributed by atoms with Crippen LogP contribution in [-0.2, 0) is 6.54 Å². The molecule has 112 valence electrons. The van der Waals surface area contributed by atoms with E-state index in [0.29, 0.717) is 11.1 Å². The average Bonchev–Trinajstić information content (AvgIpc) is 2.57. The van der Waals surface area contributed by atoms with E-state index in [1.165, 1.54) is 4.57 Å². The Bertz CT molecular complexity index is 1010. The SMILES string of the molecule is Cc1ccn(CC(=O)c2ccc3ccccc3c2)c(=O)c1C#N. The fourth-order valence-corrected chi connectivity index (χ4v) is 2.53. The first-order chi connectivity index (χ1) is 11.1. The average molecular weight is 302 g/mol. The molecule has 0 bridgehead atoms. The maximum absolute atomic E-state index is 12.5. The summed E-state index contributed by atoms with van der Waals surface area (Å²) in [5, 5.41) is 11.1.